The zero-order valence-corrected chi connectivity index (χ0v) is 19.2. The van der Waals surface area contributed by atoms with Gasteiger partial charge in [-0.1, -0.05) is 13.0 Å². The summed E-state index contributed by atoms with van der Waals surface area (Å²) in [6.07, 6.45) is 5.72. The van der Waals surface area contributed by atoms with Gasteiger partial charge in [-0.3, -0.25) is 14.2 Å². The van der Waals surface area contributed by atoms with Crippen LogP contribution in [0, 0.1) is 6.92 Å². The summed E-state index contributed by atoms with van der Waals surface area (Å²) in [4.78, 5) is 32.9. The summed E-state index contributed by atoms with van der Waals surface area (Å²) in [6.45, 7) is 7.24. The largest absolute Gasteiger partial charge is 0.490 e. The molecule has 1 saturated carbocycles. The van der Waals surface area contributed by atoms with Gasteiger partial charge in [0, 0.05) is 24.7 Å². The zero-order valence-electron chi connectivity index (χ0n) is 19.2. The van der Waals surface area contributed by atoms with Crippen molar-refractivity contribution in [2.24, 2.45) is 0 Å². The third-order valence-corrected chi connectivity index (χ3v) is 6.66. The van der Waals surface area contributed by atoms with Gasteiger partial charge in [-0.15, -0.1) is 0 Å². The number of benzene rings is 2. The molecule has 172 valence electrons. The molecule has 0 bridgehead atoms. The molecule has 0 unspecified atom stereocenters. The second-order valence-corrected chi connectivity index (χ2v) is 9.10. The molecule has 1 aliphatic heterocycles. The Balaban J connectivity index is 1.44. The first-order valence-electron chi connectivity index (χ1n) is 11.8. The molecular formula is C26H30N4O3. The van der Waals surface area contributed by atoms with E-state index in [9.17, 15) is 9.59 Å². The number of carbonyl (C=O) groups is 1. The van der Waals surface area contributed by atoms with Gasteiger partial charge in [-0.2, -0.15) is 0 Å². The lowest BCUT2D eigenvalue weighted by Gasteiger charge is -2.31. The van der Waals surface area contributed by atoms with Crippen molar-refractivity contribution in [3.05, 3.63) is 64.2 Å². The van der Waals surface area contributed by atoms with E-state index < -0.39 is 0 Å². The van der Waals surface area contributed by atoms with Gasteiger partial charge in [-0.05, 0) is 75.0 Å². The van der Waals surface area contributed by atoms with E-state index in [-0.39, 0.29) is 23.6 Å². The monoisotopic (exact) mass is 446 g/mol. The molecule has 1 aromatic heterocycles. The molecule has 1 amide bonds. The highest BCUT2D eigenvalue weighted by atomic mass is 16.5. The van der Waals surface area contributed by atoms with E-state index in [1.54, 1.807) is 18.2 Å². The van der Waals surface area contributed by atoms with Gasteiger partial charge in [0.25, 0.3) is 11.5 Å². The van der Waals surface area contributed by atoms with E-state index in [1.807, 2.05) is 25.1 Å². The third-order valence-electron chi connectivity index (χ3n) is 6.66. The molecule has 1 aliphatic carbocycles. The fourth-order valence-corrected chi connectivity index (χ4v) is 4.39. The average Bonchev–Trinajstić information content (AvgIpc) is 3.65. The summed E-state index contributed by atoms with van der Waals surface area (Å²) >= 11 is 0. The highest BCUT2D eigenvalue weighted by Gasteiger charge is 2.24. The molecule has 0 radical (unpaired) electrons. The Hall–Kier alpha value is -3.19. The quantitative estimate of drug-likeness (QED) is 0.628. The van der Waals surface area contributed by atoms with Crippen LogP contribution in [0.5, 0.6) is 5.75 Å². The lowest BCUT2D eigenvalue weighted by molar-refractivity contribution is 0.0951. The minimum absolute atomic E-state index is 0.106. The Morgan fingerprint density at radius 2 is 1.91 bits per heavy atom. The summed E-state index contributed by atoms with van der Waals surface area (Å²) in [5.74, 6) is 0.591. The van der Waals surface area contributed by atoms with Gasteiger partial charge in [-0.25, -0.2) is 4.98 Å². The molecule has 0 spiro atoms. The molecule has 3 aromatic rings. The summed E-state index contributed by atoms with van der Waals surface area (Å²) < 4.78 is 7.74. The molecule has 0 atom stereocenters. The molecular weight excluding hydrogens is 416 g/mol. The van der Waals surface area contributed by atoms with Crippen molar-refractivity contribution in [2.75, 3.05) is 19.6 Å². The fourth-order valence-electron chi connectivity index (χ4n) is 4.39. The zero-order chi connectivity index (χ0) is 22.9. The minimum Gasteiger partial charge on any atom is -0.490 e. The van der Waals surface area contributed by atoms with E-state index in [1.165, 1.54) is 10.9 Å². The molecule has 2 aliphatic rings. The standard InChI is InChI=1S/C26H30N4O3/c1-3-29-12-10-20(11-13-29)33-21-8-9-23-22(15-21)26(32)30(16-27-23)24-14-18(5-4-17(24)2)25(31)28-19-6-7-19/h4-5,8-9,14-16,19-20H,3,6-7,10-13H2,1-2H3,(H,28,31). The first-order chi connectivity index (χ1) is 16.0. The van der Waals surface area contributed by atoms with Gasteiger partial charge in [0.2, 0.25) is 0 Å². The molecule has 1 N–H and O–H groups in total. The van der Waals surface area contributed by atoms with Crippen LogP contribution in [0.1, 0.15) is 48.5 Å². The first kappa shape index (κ1) is 21.6. The van der Waals surface area contributed by atoms with Crippen LogP contribution in [0.4, 0.5) is 0 Å². The number of hydrogen-bond acceptors (Lipinski definition) is 5. The maximum atomic E-state index is 13.4. The number of nitrogens with zero attached hydrogens (tertiary/aromatic N) is 3. The Kier molecular flexibility index (Phi) is 5.89. The van der Waals surface area contributed by atoms with Gasteiger partial charge in [0.15, 0.2) is 0 Å². The van der Waals surface area contributed by atoms with E-state index in [0.29, 0.717) is 27.9 Å². The molecule has 7 nitrogen and oxygen atoms in total. The van der Waals surface area contributed by atoms with E-state index >= 15 is 0 Å². The maximum absolute atomic E-state index is 13.4. The maximum Gasteiger partial charge on any atom is 0.265 e. The number of fused-ring (bicyclic) bond motifs is 1. The molecule has 2 fully saturated rings. The van der Waals surface area contributed by atoms with Gasteiger partial charge >= 0.3 is 0 Å². The van der Waals surface area contributed by atoms with Crippen LogP contribution in [0.2, 0.25) is 0 Å². The van der Waals surface area contributed by atoms with Crippen LogP contribution >= 0.6 is 0 Å². The Morgan fingerprint density at radius 1 is 1.12 bits per heavy atom. The van der Waals surface area contributed by atoms with Crippen LogP contribution in [-0.2, 0) is 0 Å². The van der Waals surface area contributed by atoms with Crippen molar-refractivity contribution >= 4 is 16.8 Å². The van der Waals surface area contributed by atoms with E-state index in [4.69, 9.17) is 4.74 Å². The van der Waals surface area contributed by atoms with E-state index in [0.717, 1.165) is 50.9 Å². The SMILES string of the molecule is CCN1CCC(Oc2ccc3ncn(-c4cc(C(=O)NC5CC5)ccc4C)c(=O)c3c2)CC1. The van der Waals surface area contributed by atoms with Crippen LogP contribution in [0.15, 0.2) is 47.5 Å². The molecule has 33 heavy (non-hydrogen) atoms. The number of ether oxygens (including phenoxy) is 1. The number of carbonyl (C=O) groups excluding carboxylic acids is 1. The number of likely N-dealkylation sites (tertiary alicyclic amines) is 1. The highest BCUT2D eigenvalue weighted by Crippen LogP contribution is 2.23. The minimum atomic E-state index is -0.172. The van der Waals surface area contributed by atoms with Crippen LogP contribution < -0.4 is 15.6 Å². The topological polar surface area (TPSA) is 76.5 Å². The fraction of sp³-hybridized carbons (Fsp3) is 0.423. The lowest BCUT2D eigenvalue weighted by atomic mass is 10.1. The number of nitrogens with one attached hydrogen (secondary N) is 1. The molecule has 5 rings (SSSR count). The molecule has 2 heterocycles. The second kappa shape index (κ2) is 8.98. The Morgan fingerprint density at radius 3 is 2.64 bits per heavy atom. The van der Waals surface area contributed by atoms with Gasteiger partial charge in [0.05, 0.1) is 16.6 Å². The summed E-state index contributed by atoms with van der Waals surface area (Å²) in [7, 11) is 0. The van der Waals surface area contributed by atoms with Crippen molar-refractivity contribution in [2.45, 2.75) is 51.7 Å². The average molecular weight is 447 g/mol. The Labute approximate surface area is 193 Å². The predicted octanol–water partition coefficient (Wildman–Crippen LogP) is 3.45. The summed E-state index contributed by atoms with van der Waals surface area (Å²) in [5.41, 5.74) is 2.57. The van der Waals surface area contributed by atoms with Crippen LogP contribution in [0.25, 0.3) is 16.6 Å². The van der Waals surface area contributed by atoms with Crippen molar-refractivity contribution in [3.63, 3.8) is 0 Å². The number of aryl methyl sites for hydroxylation is 1. The van der Waals surface area contributed by atoms with Gasteiger partial charge < -0.3 is 15.0 Å². The summed E-state index contributed by atoms with van der Waals surface area (Å²) in [5, 5.41) is 3.51. The van der Waals surface area contributed by atoms with Crippen molar-refractivity contribution in [1.82, 2.24) is 19.8 Å². The number of piperidine rings is 1. The Bertz CT molecular complexity index is 1240. The number of rotatable bonds is 6. The van der Waals surface area contributed by atoms with E-state index in [2.05, 4.69) is 22.1 Å². The van der Waals surface area contributed by atoms with Crippen molar-refractivity contribution in [3.8, 4) is 11.4 Å². The van der Waals surface area contributed by atoms with Crippen molar-refractivity contribution < 1.29 is 9.53 Å². The summed E-state index contributed by atoms with van der Waals surface area (Å²) in [6, 6.07) is 11.2. The lowest BCUT2D eigenvalue weighted by Crippen LogP contribution is -2.38. The normalized spacial score (nSPS) is 17.3. The molecule has 2 aromatic carbocycles. The van der Waals surface area contributed by atoms with Crippen LogP contribution in [0.3, 0.4) is 0 Å². The number of aromatic nitrogens is 2. The smallest absolute Gasteiger partial charge is 0.265 e. The third kappa shape index (κ3) is 4.64. The number of hydrogen-bond donors (Lipinski definition) is 1. The number of amides is 1. The predicted molar refractivity (Wildman–Crippen MR) is 128 cm³/mol. The molecule has 1 saturated heterocycles. The van der Waals surface area contributed by atoms with Gasteiger partial charge in [0.1, 0.15) is 18.2 Å². The molecule has 7 heteroatoms. The highest BCUT2D eigenvalue weighted by molar-refractivity contribution is 5.95. The second-order valence-electron chi connectivity index (χ2n) is 9.10. The first-order valence-corrected chi connectivity index (χ1v) is 11.8. The van der Waals surface area contributed by atoms with Crippen molar-refractivity contribution in [1.29, 1.82) is 0 Å². The van der Waals surface area contributed by atoms with Crippen LogP contribution in [-0.4, -0.2) is 52.1 Å².